The van der Waals surface area contributed by atoms with Crippen LogP contribution in [0.4, 0.5) is 0 Å². The number of carbonyl (C=O) groups is 1. The molecule has 12 nitrogen and oxygen atoms in total. The molecule has 0 unspecified atom stereocenters. The van der Waals surface area contributed by atoms with E-state index in [1.165, 1.54) is 0 Å². The SMILES string of the molecule is C[C@@H]1O[C@@H](O[C@H]2C[C@H]3OC4(CCCC4)OC[C@]34[C@H]3[C@H](O)C[C@]5(C)[C@@H](C6=CC(=O)OC6)CC[C@]5(O)[C@@H]3CC[C@]4(O)C2)[C@H](O)[C@H](O)[C@H]1O. The third kappa shape index (κ3) is 4.24. The zero-order valence-electron chi connectivity index (χ0n) is 26.8. The number of ether oxygens (including phenoxy) is 5. The fraction of sp³-hybridized carbons (Fsp3) is 0.912. The van der Waals surface area contributed by atoms with Crippen LogP contribution >= 0.6 is 0 Å². The molecule has 5 aliphatic carbocycles. The van der Waals surface area contributed by atoms with Crippen LogP contribution in [0.1, 0.15) is 84.5 Å². The summed E-state index contributed by atoms with van der Waals surface area (Å²) in [5.74, 6) is -2.11. The first kappa shape index (κ1) is 32.0. The van der Waals surface area contributed by atoms with Gasteiger partial charge in [-0.2, -0.15) is 0 Å². The zero-order chi connectivity index (χ0) is 32.4. The normalized spacial score (nSPS) is 56.0. The molecular formula is C34H50O12. The molecule has 3 heterocycles. The fourth-order valence-corrected chi connectivity index (χ4v) is 11.9. The van der Waals surface area contributed by atoms with Crippen molar-refractivity contribution in [2.24, 2.45) is 28.6 Å². The third-order valence-corrected chi connectivity index (χ3v) is 14.2. The Morgan fingerprint density at radius 1 is 0.957 bits per heavy atom. The summed E-state index contributed by atoms with van der Waals surface area (Å²) < 4.78 is 30.9. The highest BCUT2D eigenvalue weighted by Gasteiger charge is 2.77. The molecule has 2 spiro atoms. The van der Waals surface area contributed by atoms with Crippen LogP contribution in [-0.4, -0.2) is 116 Å². The lowest BCUT2D eigenvalue weighted by atomic mass is 9.40. The number of carbonyl (C=O) groups excluding carboxylic acids is 1. The van der Waals surface area contributed by atoms with E-state index >= 15 is 0 Å². The summed E-state index contributed by atoms with van der Waals surface area (Å²) in [4.78, 5) is 12.0. The summed E-state index contributed by atoms with van der Waals surface area (Å²) in [6.45, 7) is 4.04. The summed E-state index contributed by atoms with van der Waals surface area (Å²) in [5.41, 5.74) is -3.37. The predicted octanol–water partition coefficient (Wildman–Crippen LogP) is 0.818. The second-order valence-electron chi connectivity index (χ2n) is 16.2. The van der Waals surface area contributed by atoms with Crippen LogP contribution < -0.4 is 0 Å². The van der Waals surface area contributed by atoms with Crippen LogP contribution in [0.5, 0.6) is 0 Å². The number of hydrogen-bond acceptors (Lipinski definition) is 12. The highest BCUT2D eigenvalue weighted by Crippen LogP contribution is 2.72. The molecule has 0 bridgehead atoms. The van der Waals surface area contributed by atoms with Crippen molar-refractivity contribution in [2.45, 2.75) is 150 Å². The molecule has 0 aromatic carbocycles. The van der Waals surface area contributed by atoms with Crippen molar-refractivity contribution in [2.75, 3.05) is 13.2 Å². The van der Waals surface area contributed by atoms with E-state index in [9.17, 15) is 35.4 Å². The Morgan fingerprint density at radius 3 is 2.43 bits per heavy atom. The molecule has 0 amide bonds. The Labute approximate surface area is 269 Å². The molecule has 258 valence electrons. The number of cyclic esters (lactones) is 1. The maximum atomic E-state index is 12.8. The Morgan fingerprint density at radius 2 is 1.72 bits per heavy atom. The minimum Gasteiger partial charge on any atom is -0.458 e. The van der Waals surface area contributed by atoms with Crippen molar-refractivity contribution in [3.8, 4) is 0 Å². The molecule has 6 N–H and O–H groups in total. The number of aliphatic hydroxyl groups excluding tert-OH is 4. The van der Waals surface area contributed by atoms with E-state index < -0.39 is 82.8 Å². The van der Waals surface area contributed by atoms with E-state index in [-0.39, 0.29) is 37.4 Å². The van der Waals surface area contributed by atoms with Gasteiger partial charge in [0.05, 0.1) is 47.6 Å². The van der Waals surface area contributed by atoms with Gasteiger partial charge in [-0.3, -0.25) is 0 Å². The summed E-state index contributed by atoms with van der Waals surface area (Å²) in [6, 6.07) is 0. The molecule has 0 aromatic heterocycles. The summed E-state index contributed by atoms with van der Waals surface area (Å²) in [6.07, 6.45) is -0.455. The van der Waals surface area contributed by atoms with Crippen molar-refractivity contribution in [3.05, 3.63) is 11.6 Å². The molecule has 8 aliphatic rings. The topological polar surface area (TPSA) is 185 Å². The molecule has 12 heteroatoms. The van der Waals surface area contributed by atoms with E-state index in [1.54, 1.807) is 13.0 Å². The first-order valence-corrected chi connectivity index (χ1v) is 17.4. The second kappa shape index (κ2) is 10.7. The standard InChI is InChI=1S/C34H50O12/c1-17-26(37)27(38)28(39)29(44-17)45-19-12-23-33(16-43-32(46-23)7-3-4-8-32)25-21(5-9-31(33,40)13-19)34(41)10-6-20(18-11-24(36)42-15-18)30(34,2)14-22(25)35/h11,17,19-23,25-29,35,37-41H,3-10,12-16H2,1-2H3/t17-,19-,20+,21+,22+,23+,25+,26-,27+,28+,29-,30+,31-,33+,34-/m0/s1. The molecule has 7 fully saturated rings. The van der Waals surface area contributed by atoms with Gasteiger partial charge in [0.1, 0.15) is 24.9 Å². The van der Waals surface area contributed by atoms with Crippen molar-refractivity contribution in [1.29, 1.82) is 0 Å². The van der Waals surface area contributed by atoms with Crippen LogP contribution in [0.3, 0.4) is 0 Å². The van der Waals surface area contributed by atoms with Crippen LogP contribution in [0, 0.1) is 28.6 Å². The molecule has 0 aromatic rings. The van der Waals surface area contributed by atoms with Gasteiger partial charge in [0.2, 0.25) is 0 Å². The van der Waals surface area contributed by atoms with E-state index in [4.69, 9.17) is 23.7 Å². The molecule has 15 atom stereocenters. The minimum atomic E-state index is -1.47. The minimum absolute atomic E-state index is 0.100. The zero-order valence-corrected chi connectivity index (χ0v) is 26.8. The van der Waals surface area contributed by atoms with Gasteiger partial charge in [-0.15, -0.1) is 0 Å². The summed E-state index contributed by atoms with van der Waals surface area (Å²) in [7, 11) is 0. The Bertz CT molecular complexity index is 1270. The van der Waals surface area contributed by atoms with Crippen LogP contribution in [0.25, 0.3) is 0 Å². The summed E-state index contributed by atoms with van der Waals surface area (Å²) in [5, 5.41) is 69.2. The van der Waals surface area contributed by atoms with Gasteiger partial charge in [-0.05, 0) is 69.3 Å². The molecule has 8 rings (SSSR count). The van der Waals surface area contributed by atoms with Crippen molar-refractivity contribution in [1.82, 2.24) is 0 Å². The third-order valence-electron chi connectivity index (χ3n) is 14.2. The van der Waals surface area contributed by atoms with Gasteiger partial charge in [-0.1, -0.05) is 6.92 Å². The van der Waals surface area contributed by atoms with Gasteiger partial charge in [-0.25, -0.2) is 4.79 Å². The molecule has 5 saturated carbocycles. The predicted molar refractivity (Wildman–Crippen MR) is 158 cm³/mol. The molecule has 46 heavy (non-hydrogen) atoms. The highest BCUT2D eigenvalue weighted by molar-refractivity contribution is 5.85. The molecule has 3 aliphatic heterocycles. The van der Waals surface area contributed by atoms with Gasteiger partial charge in [0, 0.05) is 43.1 Å². The van der Waals surface area contributed by atoms with Gasteiger partial charge in [0.15, 0.2) is 12.1 Å². The Balaban J connectivity index is 1.14. The first-order chi connectivity index (χ1) is 21.8. The Kier molecular flexibility index (Phi) is 7.42. The maximum absolute atomic E-state index is 12.8. The van der Waals surface area contributed by atoms with Crippen LogP contribution in [-0.2, 0) is 28.5 Å². The van der Waals surface area contributed by atoms with Gasteiger partial charge < -0.3 is 54.3 Å². The lowest BCUT2D eigenvalue weighted by molar-refractivity contribution is -0.414. The quantitative estimate of drug-likeness (QED) is 0.187. The highest BCUT2D eigenvalue weighted by atomic mass is 16.7. The number of hydrogen-bond donors (Lipinski definition) is 6. The lowest BCUT2D eigenvalue weighted by Gasteiger charge is -2.71. The van der Waals surface area contributed by atoms with E-state index in [1.807, 2.05) is 6.92 Å². The molecular weight excluding hydrogens is 600 g/mol. The first-order valence-electron chi connectivity index (χ1n) is 17.4. The van der Waals surface area contributed by atoms with E-state index in [0.29, 0.717) is 38.5 Å². The van der Waals surface area contributed by atoms with Crippen LogP contribution in [0.15, 0.2) is 11.6 Å². The average Bonchev–Trinajstić information content (AvgIpc) is 3.71. The monoisotopic (exact) mass is 650 g/mol. The van der Waals surface area contributed by atoms with Crippen molar-refractivity contribution in [3.63, 3.8) is 0 Å². The number of aliphatic hydroxyl groups is 6. The fourth-order valence-electron chi connectivity index (χ4n) is 11.9. The van der Waals surface area contributed by atoms with Crippen molar-refractivity contribution < 1.29 is 59.1 Å². The van der Waals surface area contributed by atoms with Gasteiger partial charge in [0.25, 0.3) is 0 Å². The number of esters is 1. The maximum Gasteiger partial charge on any atom is 0.331 e. The summed E-state index contributed by atoms with van der Waals surface area (Å²) >= 11 is 0. The second-order valence-corrected chi connectivity index (χ2v) is 16.2. The Hall–Kier alpha value is -1.19. The van der Waals surface area contributed by atoms with E-state index in [0.717, 1.165) is 31.3 Å². The molecule has 0 radical (unpaired) electrons. The smallest absolute Gasteiger partial charge is 0.331 e. The largest absolute Gasteiger partial charge is 0.458 e. The van der Waals surface area contributed by atoms with Crippen molar-refractivity contribution >= 4 is 5.97 Å². The molecule has 2 saturated heterocycles. The average molecular weight is 651 g/mol. The lowest BCUT2D eigenvalue weighted by Crippen LogP contribution is -2.78. The number of fused-ring (bicyclic) bond motifs is 3. The number of rotatable bonds is 3. The van der Waals surface area contributed by atoms with Crippen LogP contribution in [0.2, 0.25) is 0 Å². The van der Waals surface area contributed by atoms with Gasteiger partial charge >= 0.3 is 5.97 Å². The van der Waals surface area contributed by atoms with E-state index in [2.05, 4.69) is 0 Å².